The smallest absolute Gasteiger partial charge is 0.232 e. The Balaban J connectivity index is 1.93. The highest BCUT2D eigenvalue weighted by atomic mass is 19.4. The number of hydrogen-bond donors (Lipinski definition) is 0. The second-order valence-electron chi connectivity index (χ2n) is 7.79. The Morgan fingerprint density at radius 2 is 0.821 bits per heavy atom. The first kappa shape index (κ1) is 27.9. The first-order valence-corrected chi connectivity index (χ1v) is 10.2. The normalized spacial score (nSPS) is 13.6. The number of nitrogens with zero attached hydrogens (tertiary/aromatic N) is 6. The van der Waals surface area contributed by atoms with Crippen molar-refractivity contribution in [1.29, 1.82) is 0 Å². The summed E-state index contributed by atoms with van der Waals surface area (Å²) in [7, 11) is 0. The van der Waals surface area contributed by atoms with Crippen molar-refractivity contribution in [3.05, 3.63) is 83.7 Å². The molecular formula is C21H10F12N6. The Kier molecular flexibility index (Phi) is 6.42. The number of halogens is 12. The molecule has 208 valence electrons. The van der Waals surface area contributed by atoms with E-state index in [0.717, 1.165) is 12.1 Å². The van der Waals surface area contributed by atoms with Crippen LogP contribution in [0.25, 0.3) is 11.6 Å². The molecule has 0 bridgehead atoms. The van der Waals surface area contributed by atoms with Gasteiger partial charge >= 0.3 is 24.7 Å². The third-order valence-corrected chi connectivity index (χ3v) is 5.32. The third-order valence-electron chi connectivity index (χ3n) is 5.32. The molecule has 0 saturated carbocycles. The highest BCUT2D eigenvalue weighted by Crippen LogP contribution is 2.55. The summed E-state index contributed by atoms with van der Waals surface area (Å²) >= 11 is 0. The molecule has 0 saturated heterocycles. The molecule has 0 aromatic carbocycles. The summed E-state index contributed by atoms with van der Waals surface area (Å²) in [5.41, 5.74) is -11.4. The van der Waals surface area contributed by atoms with E-state index in [9.17, 15) is 52.7 Å². The van der Waals surface area contributed by atoms with Crippen molar-refractivity contribution in [3.8, 4) is 11.6 Å². The number of pyridine rings is 2. The summed E-state index contributed by atoms with van der Waals surface area (Å²) in [5.74, 6) is -1.64. The summed E-state index contributed by atoms with van der Waals surface area (Å²) in [6, 6.07) is 4.54. The fourth-order valence-electron chi connectivity index (χ4n) is 3.60. The standard InChI is InChI=1S/C21H10F12N6/c22-18(23,24)13-7-9-38(36-13)15-5-1-3-11(34-15)17(20(28,29)30,21(31,32)33)12-4-2-6-16(35-12)39-10-8-14(37-39)19(25,26)27/h1-10H. The fraction of sp³-hybridized carbons (Fsp3) is 0.238. The van der Waals surface area contributed by atoms with E-state index in [1.165, 1.54) is 0 Å². The van der Waals surface area contributed by atoms with Crippen LogP contribution in [0.5, 0.6) is 0 Å². The number of rotatable bonds is 4. The lowest BCUT2D eigenvalue weighted by molar-refractivity contribution is -0.290. The van der Waals surface area contributed by atoms with Crippen LogP contribution in [0.15, 0.2) is 60.9 Å². The van der Waals surface area contributed by atoms with E-state index in [-0.39, 0.29) is 0 Å². The van der Waals surface area contributed by atoms with Gasteiger partial charge in [-0.25, -0.2) is 19.3 Å². The van der Waals surface area contributed by atoms with Crippen LogP contribution in [-0.4, -0.2) is 41.9 Å². The van der Waals surface area contributed by atoms with Gasteiger partial charge in [-0.2, -0.15) is 62.9 Å². The van der Waals surface area contributed by atoms with Gasteiger partial charge in [0.1, 0.15) is 0 Å². The van der Waals surface area contributed by atoms with E-state index in [0.29, 0.717) is 58.2 Å². The second kappa shape index (κ2) is 8.98. The Morgan fingerprint density at radius 3 is 1.10 bits per heavy atom. The lowest BCUT2D eigenvalue weighted by Crippen LogP contribution is -2.56. The topological polar surface area (TPSA) is 61.4 Å². The maximum absolute atomic E-state index is 14.5. The van der Waals surface area contributed by atoms with Crippen LogP contribution in [0.1, 0.15) is 22.8 Å². The average Bonchev–Trinajstić information content (AvgIpc) is 3.48. The van der Waals surface area contributed by atoms with E-state index in [2.05, 4.69) is 20.2 Å². The summed E-state index contributed by atoms with van der Waals surface area (Å²) in [6.07, 6.45) is -21.1. The van der Waals surface area contributed by atoms with Gasteiger partial charge in [-0.05, 0) is 36.4 Å². The number of aromatic nitrogens is 6. The zero-order valence-corrected chi connectivity index (χ0v) is 18.5. The van der Waals surface area contributed by atoms with Crippen molar-refractivity contribution in [2.75, 3.05) is 0 Å². The summed E-state index contributed by atoms with van der Waals surface area (Å²) in [4.78, 5) is 6.68. The molecule has 18 heteroatoms. The molecular weight excluding hydrogens is 564 g/mol. The molecule has 4 rings (SSSR count). The molecule has 0 aliphatic carbocycles. The lowest BCUT2D eigenvalue weighted by atomic mass is 9.78. The van der Waals surface area contributed by atoms with Crippen molar-refractivity contribution in [3.63, 3.8) is 0 Å². The molecule has 0 fully saturated rings. The molecule has 4 aromatic heterocycles. The quantitative estimate of drug-likeness (QED) is 0.269. The van der Waals surface area contributed by atoms with Crippen molar-refractivity contribution in [2.45, 2.75) is 30.1 Å². The van der Waals surface area contributed by atoms with Gasteiger partial charge in [-0.15, -0.1) is 0 Å². The highest BCUT2D eigenvalue weighted by Gasteiger charge is 2.74. The predicted molar refractivity (Wildman–Crippen MR) is 106 cm³/mol. The van der Waals surface area contributed by atoms with Crippen LogP contribution in [0.4, 0.5) is 52.7 Å². The molecule has 0 N–H and O–H groups in total. The maximum Gasteiger partial charge on any atom is 0.435 e. The Hall–Kier alpha value is -4.12. The van der Waals surface area contributed by atoms with Crippen LogP contribution in [0.2, 0.25) is 0 Å². The van der Waals surface area contributed by atoms with Gasteiger partial charge in [0.25, 0.3) is 0 Å². The molecule has 39 heavy (non-hydrogen) atoms. The van der Waals surface area contributed by atoms with Crippen LogP contribution in [-0.2, 0) is 17.8 Å². The van der Waals surface area contributed by atoms with Gasteiger partial charge in [0, 0.05) is 12.4 Å². The van der Waals surface area contributed by atoms with Crippen LogP contribution in [0.3, 0.4) is 0 Å². The predicted octanol–water partition coefficient (Wildman–Crippen LogP) is 6.30. The first-order valence-electron chi connectivity index (χ1n) is 10.2. The minimum Gasteiger partial charge on any atom is -0.232 e. The Bertz CT molecular complexity index is 1360. The van der Waals surface area contributed by atoms with E-state index >= 15 is 0 Å². The maximum atomic E-state index is 14.5. The SMILES string of the molecule is FC(F)(F)c1ccn(-c2cccc(C(c3cccc(-n4ccc(C(F)(F)F)n4)n3)(C(F)(F)F)C(F)(F)F)n2)n1. The van der Waals surface area contributed by atoms with Gasteiger partial charge < -0.3 is 0 Å². The zero-order valence-electron chi connectivity index (χ0n) is 18.5. The molecule has 0 atom stereocenters. The molecule has 0 unspecified atom stereocenters. The summed E-state index contributed by atoms with van der Waals surface area (Å²) < 4.78 is 165. The largest absolute Gasteiger partial charge is 0.435 e. The van der Waals surface area contributed by atoms with Gasteiger partial charge in [0.15, 0.2) is 23.0 Å². The van der Waals surface area contributed by atoms with E-state index in [1.54, 1.807) is 0 Å². The fourth-order valence-corrected chi connectivity index (χ4v) is 3.60. The van der Waals surface area contributed by atoms with Gasteiger partial charge in [0.2, 0.25) is 5.41 Å². The number of hydrogen-bond acceptors (Lipinski definition) is 4. The third kappa shape index (κ3) is 4.89. The molecule has 6 nitrogen and oxygen atoms in total. The average molecular weight is 574 g/mol. The van der Waals surface area contributed by atoms with E-state index < -0.39 is 64.5 Å². The van der Waals surface area contributed by atoms with Gasteiger partial charge in [-0.3, -0.25) is 0 Å². The van der Waals surface area contributed by atoms with Crippen molar-refractivity contribution in [2.24, 2.45) is 0 Å². The monoisotopic (exact) mass is 574 g/mol. The van der Waals surface area contributed by atoms with Gasteiger partial charge in [-0.1, -0.05) is 12.1 Å². The molecule has 0 aliphatic rings. The van der Waals surface area contributed by atoms with Crippen LogP contribution >= 0.6 is 0 Å². The minimum absolute atomic E-state index is 0.329. The summed E-state index contributed by atoms with van der Waals surface area (Å²) in [5, 5.41) is 6.19. The van der Waals surface area contributed by atoms with Gasteiger partial charge in [0.05, 0.1) is 11.4 Å². The minimum atomic E-state index is -6.20. The van der Waals surface area contributed by atoms with Crippen LogP contribution in [0, 0.1) is 0 Å². The molecule has 0 aliphatic heterocycles. The van der Waals surface area contributed by atoms with E-state index in [4.69, 9.17) is 0 Å². The Morgan fingerprint density at radius 1 is 0.462 bits per heavy atom. The molecule has 4 aromatic rings. The molecule has 4 heterocycles. The van der Waals surface area contributed by atoms with Crippen molar-refractivity contribution < 1.29 is 52.7 Å². The zero-order chi connectivity index (χ0) is 29.0. The molecule has 0 amide bonds. The molecule has 0 radical (unpaired) electrons. The number of alkyl halides is 12. The summed E-state index contributed by atoms with van der Waals surface area (Å²) in [6.45, 7) is 0. The first-order chi connectivity index (χ1) is 17.9. The van der Waals surface area contributed by atoms with Crippen LogP contribution < -0.4 is 0 Å². The molecule has 0 spiro atoms. The van der Waals surface area contributed by atoms with Crippen molar-refractivity contribution >= 4 is 0 Å². The lowest BCUT2D eigenvalue weighted by Gasteiger charge is -2.36. The second-order valence-corrected chi connectivity index (χ2v) is 7.79. The van der Waals surface area contributed by atoms with E-state index in [1.807, 2.05) is 0 Å². The Labute approximate surface area is 208 Å². The van der Waals surface area contributed by atoms with Crippen molar-refractivity contribution in [1.82, 2.24) is 29.5 Å². The highest BCUT2D eigenvalue weighted by molar-refractivity contribution is 5.41.